The lowest BCUT2D eigenvalue weighted by Gasteiger charge is -2.36. The van der Waals surface area contributed by atoms with Gasteiger partial charge in [-0.1, -0.05) is 24.3 Å². The normalized spacial score (nSPS) is 17.5. The van der Waals surface area contributed by atoms with Gasteiger partial charge in [0.1, 0.15) is 11.4 Å². The molecule has 0 bridgehead atoms. The Kier molecular flexibility index (Phi) is 6.30. The minimum Gasteiger partial charge on any atom is -0.497 e. The zero-order valence-electron chi connectivity index (χ0n) is 18.8. The van der Waals surface area contributed by atoms with Crippen LogP contribution in [0.25, 0.3) is 5.57 Å². The lowest BCUT2D eigenvalue weighted by molar-refractivity contribution is -0.120. The Bertz CT molecular complexity index is 1070. The van der Waals surface area contributed by atoms with E-state index in [4.69, 9.17) is 4.74 Å². The predicted octanol–water partition coefficient (Wildman–Crippen LogP) is 2.21. The number of carbonyl (C=O) groups is 2. The number of hydrogen-bond acceptors (Lipinski definition) is 6. The molecule has 168 valence electrons. The first kappa shape index (κ1) is 22.0. The van der Waals surface area contributed by atoms with Crippen molar-refractivity contribution in [3.05, 3.63) is 64.9 Å². The summed E-state index contributed by atoms with van der Waals surface area (Å²) >= 11 is 0. The van der Waals surface area contributed by atoms with E-state index in [1.807, 2.05) is 36.9 Å². The Morgan fingerprint density at radius 1 is 0.938 bits per heavy atom. The minimum absolute atomic E-state index is 0.109. The molecule has 0 unspecified atom stereocenters. The highest BCUT2D eigenvalue weighted by atomic mass is 16.5. The number of amides is 2. The molecule has 0 spiro atoms. The number of benzene rings is 2. The molecule has 0 saturated carbocycles. The molecule has 32 heavy (non-hydrogen) atoms. The molecule has 1 saturated heterocycles. The van der Waals surface area contributed by atoms with E-state index < -0.39 is 0 Å². The van der Waals surface area contributed by atoms with E-state index in [1.165, 1.54) is 4.90 Å². The van der Waals surface area contributed by atoms with Crippen LogP contribution in [0.5, 0.6) is 5.75 Å². The fourth-order valence-electron chi connectivity index (χ4n) is 4.29. The number of aryl methyl sites for hydroxylation is 2. The molecule has 7 heteroatoms. The summed E-state index contributed by atoms with van der Waals surface area (Å²) in [6, 6.07) is 12.9. The van der Waals surface area contributed by atoms with Gasteiger partial charge in [0, 0.05) is 38.8 Å². The second-order valence-corrected chi connectivity index (χ2v) is 8.22. The van der Waals surface area contributed by atoms with Gasteiger partial charge in [0.25, 0.3) is 11.8 Å². The number of ether oxygens (including phenoxy) is 1. The molecule has 0 atom stereocenters. The van der Waals surface area contributed by atoms with Crippen molar-refractivity contribution in [3.8, 4) is 5.75 Å². The van der Waals surface area contributed by atoms with Crippen LogP contribution in [0.3, 0.4) is 0 Å². The summed E-state index contributed by atoms with van der Waals surface area (Å²) in [6.45, 7) is 7.45. The summed E-state index contributed by atoms with van der Waals surface area (Å²) in [5.74, 6) is -0.0479. The van der Waals surface area contributed by atoms with Crippen molar-refractivity contribution in [1.29, 1.82) is 0 Å². The van der Waals surface area contributed by atoms with Gasteiger partial charge in [-0.2, -0.15) is 0 Å². The van der Waals surface area contributed by atoms with Gasteiger partial charge in [0.2, 0.25) is 0 Å². The van der Waals surface area contributed by atoms with Crippen LogP contribution in [0.1, 0.15) is 16.7 Å². The summed E-state index contributed by atoms with van der Waals surface area (Å²) in [6.07, 6.45) is 0. The maximum absolute atomic E-state index is 13.7. The second-order valence-electron chi connectivity index (χ2n) is 8.22. The Labute approximate surface area is 188 Å². The summed E-state index contributed by atoms with van der Waals surface area (Å²) in [7, 11) is 1.56. The molecular weight excluding hydrogens is 406 g/mol. The molecule has 0 aromatic heterocycles. The van der Waals surface area contributed by atoms with Crippen molar-refractivity contribution >= 4 is 23.1 Å². The van der Waals surface area contributed by atoms with Crippen molar-refractivity contribution in [1.82, 2.24) is 9.80 Å². The third-order valence-electron chi connectivity index (χ3n) is 6.27. The van der Waals surface area contributed by atoms with E-state index in [1.54, 1.807) is 31.4 Å². The quantitative estimate of drug-likeness (QED) is 0.702. The van der Waals surface area contributed by atoms with Gasteiger partial charge >= 0.3 is 0 Å². The monoisotopic (exact) mass is 435 g/mol. The number of methoxy groups -OCH3 is 1. The van der Waals surface area contributed by atoms with Gasteiger partial charge in [-0.15, -0.1) is 0 Å². The molecule has 1 fully saturated rings. The van der Waals surface area contributed by atoms with Crippen LogP contribution in [0.2, 0.25) is 0 Å². The fraction of sp³-hybridized carbons (Fsp3) is 0.360. The van der Waals surface area contributed by atoms with Crippen molar-refractivity contribution in [2.45, 2.75) is 13.8 Å². The van der Waals surface area contributed by atoms with Crippen LogP contribution in [0, 0.1) is 13.8 Å². The third-order valence-corrected chi connectivity index (χ3v) is 6.27. The van der Waals surface area contributed by atoms with E-state index >= 15 is 0 Å². The van der Waals surface area contributed by atoms with Gasteiger partial charge in [-0.25, -0.2) is 4.90 Å². The summed E-state index contributed by atoms with van der Waals surface area (Å²) in [4.78, 5) is 32.8. The highest BCUT2D eigenvalue weighted by Crippen LogP contribution is 2.36. The zero-order chi connectivity index (χ0) is 22.8. The Balaban J connectivity index is 1.76. The number of aliphatic hydroxyl groups excluding tert-OH is 1. The lowest BCUT2D eigenvalue weighted by Crippen LogP contribution is -2.48. The average Bonchev–Trinajstić information content (AvgIpc) is 3.06. The van der Waals surface area contributed by atoms with Crippen LogP contribution in [0.15, 0.2) is 48.2 Å². The SMILES string of the molecule is COc1cccc(N2C(=O)C(c3ccc(C)c(C)c3)=C(N3CCN(CCO)CC3)C2=O)c1. The molecule has 2 amide bonds. The molecule has 2 heterocycles. The number of piperazine rings is 1. The number of hydrogen-bond donors (Lipinski definition) is 1. The number of aliphatic hydroxyl groups is 1. The second kappa shape index (κ2) is 9.14. The van der Waals surface area contributed by atoms with Crippen LogP contribution >= 0.6 is 0 Å². The van der Waals surface area contributed by atoms with Crippen molar-refractivity contribution in [2.75, 3.05) is 51.3 Å². The van der Waals surface area contributed by atoms with Gasteiger partial charge in [-0.05, 0) is 42.7 Å². The molecule has 2 aromatic carbocycles. The van der Waals surface area contributed by atoms with Crippen LogP contribution < -0.4 is 9.64 Å². The number of β-amino-alcohol motifs (C(OH)–C–C–N with tert-alkyl or cyclic N) is 1. The Hall–Kier alpha value is -3.16. The van der Waals surface area contributed by atoms with Crippen LogP contribution in [-0.4, -0.2) is 73.2 Å². The number of carbonyl (C=O) groups excluding carboxylic acids is 2. The minimum atomic E-state index is -0.320. The standard InChI is InChI=1S/C25H29N3O4/c1-17-7-8-19(15-18(17)2)22-23(27-11-9-26(10-12-27)13-14-29)25(31)28(24(22)30)20-5-4-6-21(16-20)32-3/h4-8,15-16,29H,9-14H2,1-3H3. The molecule has 7 nitrogen and oxygen atoms in total. The number of nitrogens with zero attached hydrogens (tertiary/aromatic N) is 3. The van der Waals surface area contributed by atoms with Crippen LogP contribution in [-0.2, 0) is 9.59 Å². The average molecular weight is 436 g/mol. The van der Waals surface area contributed by atoms with Crippen molar-refractivity contribution in [3.63, 3.8) is 0 Å². The number of imide groups is 1. The number of anilines is 1. The van der Waals surface area contributed by atoms with E-state index in [0.717, 1.165) is 29.8 Å². The van der Waals surface area contributed by atoms with E-state index in [9.17, 15) is 14.7 Å². The van der Waals surface area contributed by atoms with E-state index in [-0.39, 0.29) is 18.4 Å². The molecule has 2 aliphatic rings. The molecular formula is C25H29N3O4. The van der Waals surface area contributed by atoms with Crippen molar-refractivity contribution < 1.29 is 19.4 Å². The van der Waals surface area contributed by atoms with Gasteiger partial charge < -0.3 is 14.7 Å². The van der Waals surface area contributed by atoms with E-state index in [2.05, 4.69) is 4.90 Å². The fourth-order valence-corrected chi connectivity index (χ4v) is 4.29. The molecule has 1 N–H and O–H groups in total. The summed E-state index contributed by atoms with van der Waals surface area (Å²) in [5, 5.41) is 9.24. The first-order valence-electron chi connectivity index (χ1n) is 10.9. The molecule has 0 aliphatic carbocycles. The topological polar surface area (TPSA) is 73.3 Å². The largest absolute Gasteiger partial charge is 0.497 e. The molecule has 0 radical (unpaired) electrons. The first-order valence-corrected chi connectivity index (χ1v) is 10.9. The summed E-state index contributed by atoms with van der Waals surface area (Å²) < 4.78 is 5.30. The maximum Gasteiger partial charge on any atom is 0.282 e. The number of rotatable bonds is 6. The van der Waals surface area contributed by atoms with Crippen LogP contribution in [0.4, 0.5) is 5.69 Å². The molecule has 2 aliphatic heterocycles. The highest BCUT2D eigenvalue weighted by molar-refractivity contribution is 6.45. The van der Waals surface area contributed by atoms with Gasteiger partial charge in [0.05, 0.1) is 25.0 Å². The summed E-state index contributed by atoms with van der Waals surface area (Å²) in [5.41, 5.74) is 4.35. The first-order chi connectivity index (χ1) is 15.4. The highest BCUT2D eigenvalue weighted by Gasteiger charge is 2.43. The van der Waals surface area contributed by atoms with E-state index in [0.29, 0.717) is 42.3 Å². The predicted molar refractivity (Wildman–Crippen MR) is 123 cm³/mol. The lowest BCUT2D eigenvalue weighted by atomic mass is 9.99. The molecule has 4 rings (SSSR count). The third kappa shape index (κ3) is 4.01. The maximum atomic E-state index is 13.7. The molecule has 2 aromatic rings. The van der Waals surface area contributed by atoms with Gasteiger partial charge in [-0.3, -0.25) is 14.5 Å². The van der Waals surface area contributed by atoms with Gasteiger partial charge in [0.15, 0.2) is 0 Å². The Morgan fingerprint density at radius 3 is 2.34 bits per heavy atom. The smallest absolute Gasteiger partial charge is 0.282 e. The zero-order valence-corrected chi connectivity index (χ0v) is 18.8. The van der Waals surface area contributed by atoms with Crippen molar-refractivity contribution in [2.24, 2.45) is 0 Å². The Morgan fingerprint density at radius 2 is 1.69 bits per heavy atom.